The zero-order valence-electron chi connectivity index (χ0n) is 13.4. The quantitative estimate of drug-likeness (QED) is 0.865. The number of carbonyl (C=O) groups is 1. The standard InChI is InChI=1S/C16H27N5O/c22-16(8-6-11-20-9-3-1-4-10-20)17-13-15-19-18-14-7-2-5-12-21(14)15/h1-13H2,(H,17,22). The van der Waals surface area contributed by atoms with Crippen LogP contribution in [0.1, 0.15) is 56.6 Å². The molecule has 3 rings (SSSR count). The van der Waals surface area contributed by atoms with E-state index in [0.717, 1.165) is 37.6 Å². The Morgan fingerprint density at radius 1 is 1.05 bits per heavy atom. The number of rotatable bonds is 6. The topological polar surface area (TPSA) is 63.1 Å². The number of amides is 1. The second-order valence-electron chi connectivity index (χ2n) is 6.42. The molecule has 6 heteroatoms. The van der Waals surface area contributed by atoms with Crippen molar-refractivity contribution in [3.8, 4) is 0 Å². The zero-order valence-corrected chi connectivity index (χ0v) is 13.4. The first-order valence-corrected chi connectivity index (χ1v) is 8.73. The molecule has 0 aliphatic carbocycles. The second kappa shape index (κ2) is 7.72. The lowest BCUT2D eigenvalue weighted by Crippen LogP contribution is -2.32. The normalized spacial score (nSPS) is 18.9. The lowest BCUT2D eigenvalue weighted by molar-refractivity contribution is -0.121. The molecule has 1 aromatic rings. The predicted octanol–water partition coefficient (Wildman–Crippen LogP) is 1.50. The van der Waals surface area contributed by atoms with Crippen molar-refractivity contribution in [1.29, 1.82) is 0 Å². The fourth-order valence-electron chi connectivity index (χ4n) is 3.41. The number of aryl methyl sites for hydroxylation is 1. The van der Waals surface area contributed by atoms with Crippen LogP contribution >= 0.6 is 0 Å². The van der Waals surface area contributed by atoms with E-state index >= 15 is 0 Å². The molecule has 1 saturated heterocycles. The molecule has 0 bridgehead atoms. The summed E-state index contributed by atoms with van der Waals surface area (Å²) in [6.45, 7) is 4.95. The van der Waals surface area contributed by atoms with Crippen molar-refractivity contribution >= 4 is 5.91 Å². The van der Waals surface area contributed by atoms with Gasteiger partial charge in [0, 0.05) is 19.4 Å². The van der Waals surface area contributed by atoms with E-state index in [1.807, 2.05) is 0 Å². The number of fused-ring (bicyclic) bond motifs is 1. The van der Waals surface area contributed by atoms with E-state index in [1.165, 1.54) is 45.2 Å². The Morgan fingerprint density at radius 3 is 2.73 bits per heavy atom. The number of piperidine rings is 1. The maximum Gasteiger partial charge on any atom is 0.220 e. The summed E-state index contributed by atoms with van der Waals surface area (Å²) in [5.41, 5.74) is 0. The number of carbonyl (C=O) groups excluding carboxylic acids is 1. The minimum atomic E-state index is 0.130. The minimum absolute atomic E-state index is 0.130. The molecule has 0 radical (unpaired) electrons. The van der Waals surface area contributed by atoms with Crippen molar-refractivity contribution < 1.29 is 4.79 Å². The SMILES string of the molecule is O=C(CCCN1CCCCC1)NCc1nnc2n1CCCC2. The summed E-state index contributed by atoms with van der Waals surface area (Å²) in [5, 5.41) is 11.4. The summed E-state index contributed by atoms with van der Waals surface area (Å²) in [6.07, 6.45) is 8.93. The van der Waals surface area contributed by atoms with Crippen LogP contribution in [-0.4, -0.2) is 45.2 Å². The molecule has 2 aliphatic rings. The van der Waals surface area contributed by atoms with Crippen LogP contribution in [0.2, 0.25) is 0 Å². The fraction of sp³-hybridized carbons (Fsp3) is 0.812. The van der Waals surface area contributed by atoms with E-state index in [4.69, 9.17) is 0 Å². The van der Waals surface area contributed by atoms with Gasteiger partial charge in [0.2, 0.25) is 5.91 Å². The molecule has 22 heavy (non-hydrogen) atoms. The Morgan fingerprint density at radius 2 is 1.86 bits per heavy atom. The smallest absolute Gasteiger partial charge is 0.220 e. The first-order chi connectivity index (χ1) is 10.8. The van der Waals surface area contributed by atoms with Gasteiger partial charge in [-0.1, -0.05) is 6.42 Å². The Kier molecular flexibility index (Phi) is 5.43. The van der Waals surface area contributed by atoms with Crippen molar-refractivity contribution in [2.75, 3.05) is 19.6 Å². The molecule has 1 fully saturated rings. The number of nitrogens with one attached hydrogen (secondary N) is 1. The van der Waals surface area contributed by atoms with Crippen LogP contribution in [0.4, 0.5) is 0 Å². The molecule has 2 aliphatic heterocycles. The van der Waals surface area contributed by atoms with Gasteiger partial charge in [-0.05, 0) is 51.7 Å². The third kappa shape index (κ3) is 4.06. The first-order valence-electron chi connectivity index (χ1n) is 8.73. The highest BCUT2D eigenvalue weighted by atomic mass is 16.1. The summed E-state index contributed by atoms with van der Waals surface area (Å²) in [6, 6.07) is 0. The van der Waals surface area contributed by atoms with Gasteiger partial charge in [-0.15, -0.1) is 10.2 Å². The molecule has 0 aromatic carbocycles. The van der Waals surface area contributed by atoms with Gasteiger partial charge in [0.15, 0.2) is 5.82 Å². The highest BCUT2D eigenvalue weighted by Crippen LogP contribution is 2.14. The zero-order chi connectivity index (χ0) is 15.2. The average molecular weight is 305 g/mol. The van der Waals surface area contributed by atoms with E-state index in [9.17, 15) is 4.79 Å². The molecule has 122 valence electrons. The van der Waals surface area contributed by atoms with Crippen LogP contribution in [0.3, 0.4) is 0 Å². The number of hydrogen-bond acceptors (Lipinski definition) is 4. The van der Waals surface area contributed by atoms with E-state index in [1.54, 1.807) is 0 Å². The van der Waals surface area contributed by atoms with Gasteiger partial charge >= 0.3 is 0 Å². The van der Waals surface area contributed by atoms with Gasteiger partial charge in [-0.2, -0.15) is 0 Å². The molecule has 1 N–H and O–H groups in total. The van der Waals surface area contributed by atoms with Crippen molar-refractivity contribution in [3.05, 3.63) is 11.6 Å². The minimum Gasteiger partial charge on any atom is -0.349 e. The second-order valence-corrected chi connectivity index (χ2v) is 6.42. The van der Waals surface area contributed by atoms with Crippen LogP contribution in [0.25, 0.3) is 0 Å². The highest BCUT2D eigenvalue weighted by Gasteiger charge is 2.16. The van der Waals surface area contributed by atoms with Crippen LogP contribution in [0.5, 0.6) is 0 Å². The summed E-state index contributed by atoms with van der Waals surface area (Å²) < 4.78 is 2.16. The number of nitrogens with zero attached hydrogens (tertiary/aromatic N) is 4. The highest BCUT2D eigenvalue weighted by molar-refractivity contribution is 5.75. The van der Waals surface area contributed by atoms with Crippen molar-refractivity contribution in [2.45, 2.75) is 64.5 Å². The molecule has 0 saturated carbocycles. The van der Waals surface area contributed by atoms with Crippen LogP contribution in [0, 0.1) is 0 Å². The molecule has 0 unspecified atom stereocenters. The Bertz CT molecular complexity index is 493. The first kappa shape index (κ1) is 15.5. The number of hydrogen-bond donors (Lipinski definition) is 1. The van der Waals surface area contributed by atoms with E-state index in [-0.39, 0.29) is 5.91 Å². The number of aromatic nitrogens is 3. The van der Waals surface area contributed by atoms with Crippen molar-refractivity contribution in [2.24, 2.45) is 0 Å². The maximum absolute atomic E-state index is 12.0. The van der Waals surface area contributed by atoms with Gasteiger partial charge in [0.25, 0.3) is 0 Å². The summed E-state index contributed by atoms with van der Waals surface area (Å²) >= 11 is 0. The van der Waals surface area contributed by atoms with Crippen molar-refractivity contribution in [3.63, 3.8) is 0 Å². The monoisotopic (exact) mass is 305 g/mol. The number of likely N-dealkylation sites (tertiary alicyclic amines) is 1. The largest absolute Gasteiger partial charge is 0.349 e. The lowest BCUT2D eigenvalue weighted by Gasteiger charge is -2.26. The van der Waals surface area contributed by atoms with Gasteiger partial charge in [-0.3, -0.25) is 4.79 Å². The summed E-state index contributed by atoms with van der Waals surface area (Å²) in [4.78, 5) is 14.4. The molecule has 6 nitrogen and oxygen atoms in total. The van der Waals surface area contributed by atoms with Gasteiger partial charge in [-0.25, -0.2) is 0 Å². The average Bonchev–Trinajstić information content (AvgIpc) is 2.97. The summed E-state index contributed by atoms with van der Waals surface area (Å²) in [5.74, 6) is 2.10. The maximum atomic E-state index is 12.0. The molecule has 1 aromatic heterocycles. The molecule has 0 atom stereocenters. The molecular formula is C16H27N5O. The Hall–Kier alpha value is -1.43. The fourth-order valence-corrected chi connectivity index (χ4v) is 3.41. The predicted molar refractivity (Wildman–Crippen MR) is 84.3 cm³/mol. The van der Waals surface area contributed by atoms with Crippen LogP contribution < -0.4 is 5.32 Å². The van der Waals surface area contributed by atoms with Gasteiger partial charge in [0.1, 0.15) is 5.82 Å². The van der Waals surface area contributed by atoms with E-state index in [2.05, 4.69) is 25.0 Å². The molecule has 0 spiro atoms. The van der Waals surface area contributed by atoms with Gasteiger partial charge in [0.05, 0.1) is 6.54 Å². The van der Waals surface area contributed by atoms with E-state index in [0.29, 0.717) is 13.0 Å². The molecular weight excluding hydrogens is 278 g/mol. The van der Waals surface area contributed by atoms with Crippen molar-refractivity contribution in [1.82, 2.24) is 25.0 Å². The third-order valence-electron chi connectivity index (χ3n) is 4.71. The third-order valence-corrected chi connectivity index (χ3v) is 4.71. The summed E-state index contributed by atoms with van der Waals surface area (Å²) in [7, 11) is 0. The Labute approximate surface area is 132 Å². The lowest BCUT2D eigenvalue weighted by atomic mass is 10.1. The van der Waals surface area contributed by atoms with Gasteiger partial charge < -0.3 is 14.8 Å². The van der Waals surface area contributed by atoms with Crippen LogP contribution in [0.15, 0.2) is 0 Å². The Balaban J connectivity index is 1.36. The van der Waals surface area contributed by atoms with E-state index < -0.39 is 0 Å². The molecule has 1 amide bonds. The molecule has 3 heterocycles. The van der Waals surface area contributed by atoms with Crippen LogP contribution in [-0.2, 0) is 24.3 Å².